The normalized spacial score (nSPS) is 13.3. The van der Waals surface area contributed by atoms with Crippen LogP contribution in [0.2, 0.25) is 0 Å². The van der Waals surface area contributed by atoms with Crippen molar-refractivity contribution in [2.24, 2.45) is 0 Å². The molecule has 25 heavy (non-hydrogen) atoms. The molecule has 4 rings (SSSR count). The Hall–Kier alpha value is -3.14. The maximum atomic E-state index is 13.8. The molecule has 0 unspecified atom stereocenters. The van der Waals surface area contributed by atoms with Crippen LogP contribution in [0.3, 0.4) is 0 Å². The van der Waals surface area contributed by atoms with Crippen LogP contribution in [0.5, 0.6) is 0 Å². The highest BCUT2D eigenvalue weighted by molar-refractivity contribution is 6.41. The van der Waals surface area contributed by atoms with Crippen LogP contribution < -0.4 is 0 Å². The molecule has 2 aromatic carbocycles. The minimum atomic E-state index is -0.679. The summed E-state index contributed by atoms with van der Waals surface area (Å²) in [5, 5.41) is 0. The summed E-state index contributed by atoms with van der Waals surface area (Å²) < 4.78 is 27.6. The van der Waals surface area contributed by atoms with E-state index in [1.807, 2.05) is 19.1 Å². The summed E-state index contributed by atoms with van der Waals surface area (Å²) in [6.07, 6.45) is 3.20. The third-order valence-electron chi connectivity index (χ3n) is 4.27. The van der Waals surface area contributed by atoms with Crippen LogP contribution in [0, 0.1) is 18.6 Å². The summed E-state index contributed by atoms with van der Waals surface area (Å²) in [5.74, 6) is -1.52. The number of Topliss-reactive ketones (excluding diaryl/α,β-unsaturated/α-hetero) is 1. The molecule has 0 fully saturated rings. The van der Waals surface area contributed by atoms with Crippen molar-refractivity contribution in [2.45, 2.75) is 6.92 Å². The number of hydrogen-bond donors (Lipinski definition) is 0. The molecule has 1 aromatic heterocycles. The topological polar surface area (TPSA) is 30.0 Å². The molecule has 0 saturated carbocycles. The number of aromatic nitrogens is 1. The van der Waals surface area contributed by atoms with Gasteiger partial charge in [-0.3, -0.25) is 9.78 Å². The molecular weight excluding hydrogens is 320 g/mol. The summed E-state index contributed by atoms with van der Waals surface area (Å²) in [5.41, 5.74) is 4.11. The van der Waals surface area contributed by atoms with Gasteiger partial charge < -0.3 is 0 Å². The lowest BCUT2D eigenvalue weighted by Gasteiger charge is -2.09. The van der Waals surface area contributed by atoms with Crippen LogP contribution >= 0.6 is 0 Å². The van der Waals surface area contributed by atoms with Crippen molar-refractivity contribution in [3.05, 3.63) is 100 Å². The Morgan fingerprint density at radius 3 is 2.28 bits per heavy atom. The Morgan fingerprint density at radius 2 is 1.60 bits per heavy atom. The summed E-state index contributed by atoms with van der Waals surface area (Å²) in [7, 11) is 0. The zero-order valence-corrected chi connectivity index (χ0v) is 13.4. The fourth-order valence-corrected chi connectivity index (χ4v) is 3.23. The third kappa shape index (κ3) is 2.56. The third-order valence-corrected chi connectivity index (χ3v) is 4.27. The molecule has 0 radical (unpaired) electrons. The van der Waals surface area contributed by atoms with Crippen molar-refractivity contribution in [1.82, 2.24) is 4.98 Å². The van der Waals surface area contributed by atoms with Gasteiger partial charge in [0.15, 0.2) is 5.78 Å². The lowest BCUT2D eigenvalue weighted by Crippen LogP contribution is -1.99. The van der Waals surface area contributed by atoms with Crippen LogP contribution in [-0.4, -0.2) is 10.8 Å². The van der Waals surface area contributed by atoms with E-state index in [4.69, 9.17) is 0 Å². The van der Waals surface area contributed by atoms with Gasteiger partial charge in [-0.1, -0.05) is 29.8 Å². The van der Waals surface area contributed by atoms with Gasteiger partial charge in [0.2, 0.25) is 0 Å². The highest BCUT2D eigenvalue weighted by Crippen LogP contribution is 2.42. The number of rotatable bonds is 2. The fourth-order valence-electron chi connectivity index (χ4n) is 3.23. The number of aryl methyl sites for hydroxylation is 1. The van der Waals surface area contributed by atoms with Crippen molar-refractivity contribution in [2.75, 3.05) is 0 Å². The average Bonchev–Trinajstić information content (AvgIpc) is 2.87. The molecule has 2 nitrogen and oxygen atoms in total. The van der Waals surface area contributed by atoms with Crippen LogP contribution in [-0.2, 0) is 0 Å². The smallest absolute Gasteiger partial charge is 0.194 e. The van der Waals surface area contributed by atoms with Crippen molar-refractivity contribution >= 4 is 16.9 Å². The minimum Gasteiger partial charge on any atom is -0.289 e. The van der Waals surface area contributed by atoms with Gasteiger partial charge in [-0.2, -0.15) is 0 Å². The van der Waals surface area contributed by atoms with Gasteiger partial charge in [0.25, 0.3) is 0 Å². The second-order valence-corrected chi connectivity index (χ2v) is 6.03. The van der Waals surface area contributed by atoms with Crippen molar-refractivity contribution in [3.63, 3.8) is 0 Å². The van der Waals surface area contributed by atoms with Crippen LogP contribution in [0.4, 0.5) is 8.78 Å². The number of carbonyl (C=O) groups is 1. The molecule has 122 valence electrons. The Labute approximate surface area is 143 Å². The zero-order chi connectivity index (χ0) is 17.6. The van der Waals surface area contributed by atoms with E-state index in [0.29, 0.717) is 33.4 Å². The monoisotopic (exact) mass is 333 g/mol. The Bertz CT molecular complexity index is 1020. The van der Waals surface area contributed by atoms with E-state index in [1.54, 1.807) is 30.6 Å². The van der Waals surface area contributed by atoms with Gasteiger partial charge in [-0.15, -0.1) is 0 Å². The summed E-state index contributed by atoms with van der Waals surface area (Å²) >= 11 is 0. The number of benzene rings is 2. The number of carbonyl (C=O) groups excluding carboxylic acids is 1. The Morgan fingerprint density at radius 1 is 0.840 bits per heavy atom. The van der Waals surface area contributed by atoms with E-state index in [0.717, 1.165) is 11.6 Å². The van der Waals surface area contributed by atoms with E-state index in [1.165, 1.54) is 12.1 Å². The van der Waals surface area contributed by atoms with Crippen LogP contribution in [0.15, 0.2) is 60.9 Å². The minimum absolute atomic E-state index is 0.164. The highest BCUT2D eigenvalue weighted by Gasteiger charge is 2.31. The largest absolute Gasteiger partial charge is 0.289 e. The molecule has 4 heteroatoms. The lowest BCUT2D eigenvalue weighted by atomic mass is 9.94. The number of ketones is 1. The van der Waals surface area contributed by atoms with Crippen molar-refractivity contribution in [1.29, 1.82) is 0 Å². The zero-order valence-electron chi connectivity index (χ0n) is 13.4. The number of nitrogens with zero attached hydrogens (tertiary/aromatic N) is 1. The molecule has 0 aliphatic heterocycles. The summed E-state index contributed by atoms with van der Waals surface area (Å²) in [6.45, 7) is 1.91. The molecule has 0 saturated heterocycles. The predicted molar refractivity (Wildman–Crippen MR) is 92.0 cm³/mol. The quantitative estimate of drug-likeness (QED) is 0.673. The number of hydrogen-bond acceptors (Lipinski definition) is 2. The summed E-state index contributed by atoms with van der Waals surface area (Å²) in [4.78, 5) is 17.1. The molecular formula is C21H13F2NO. The standard InChI is InChI=1S/C21H13F2NO/c1-12-4-5-17-18(7-12)19(14-8-15(22)10-16(23)9-14)20(21(17)25)13-3-2-6-24-11-13/h2-11H,1H3. The first-order chi connectivity index (χ1) is 12.0. The van der Waals surface area contributed by atoms with Gasteiger partial charge >= 0.3 is 0 Å². The molecule has 1 heterocycles. The average molecular weight is 333 g/mol. The first kappa shape index (κ1) is 15.4. The first-order valence-electron chi connectivity index (χ1n) is 7.81. The van der Waals surface area contributed by atoms with Gasteiger partial charge in [-0.05, 0) is 36.2 Å². The molecule has 0 bridgehead atoms. The van der Waals surface area contributed by atoms with Gasteiger partial charge in [-0.25, -0.2) is 8.78 Å². The van der Waals surface area contributed by atoms with Crippen LogP contribution in [0.25, 0.3) is 11.1 Å². The lowest BCUT2D eigenvalue weighted by molar-refractivity contribution is 0.105. The first-order valence-corrected chi connectivity index (χ1v) is 7.81. The van der Waals surface area contributed by atoms with Gasteiger partial charge in [0.1, 0.15) is 11.6 Å². The number of halogens is 2. The van der Waals surface area contributed by atoms with E-state index < -0.39 is 11.6 Å². The van der Waals surface area contributed by atoms with E-state index >= 15 is 0 Å². The number of pyridine rings is 1. The summed E-state index contributed by atoms with van der Waals surface area (Å²) in [6, 6.07) is 12.3. The maximum absolute atomic E-state index is 13.8. The second kappa shape index (κ2) is 5.74. The molecule has 0 N–H and O–H groups in total. The molecule has 0 amide bonds. The molecule has 3 aromatic rings. The maximum Gasteiger partial charge on any atom is 0.194 e. The van der Waals surface area contributed by atoms with Crippen LogP contribution in [0.1, 0.15) is 32.6 Å². The van der Waals surface area contributed by atoms with Gasteiger partial charge in [0.05, 0.1) is 0 Å². The van der Waals surface area contributed by atoms with E-state index in [9.17, 15) is 13.6 Å². The predicted octanol–water partition coefficient (Wildman–Crippen LogP) is 4.82. The highest BCUT2D eigenvalue weighted by atomic mass is 19.1. The molecule has 1 aliphatic carbocycles. The number of allylic oxidation sites excluding steroid dienone is 1. The molecule has 0 spiro atoms. The Kier molecular flexibility index (Phi) is 3.53. The van der Waals surface area contributed by atoms with E-state index in [-0.39, 0.29) is 5.78 Å². The second-order valence-electron chi connectivity index (χ2n) is 6.03. The van der Waals surface area contributed by atoms with Gasteiger partial charge in [0, 0.05) is 40.7 Å². The fraction of sp³-hybridized carbons (Fsp3) is 0.0476. The number of fused-ring (bicyclic) bond motifs is 1. The van der Waals surface area contributed by atoms with E-state index in [2.05, 4.69) is 4.98 Å². The SMILES string of the molecule is Cc1ccc2c(c1)C(c1cc(F)cc(F)c1)=C(c1cccnc1)C2=O. The van der Waals surface area contributed by atoms with Crippen molar-refractivity contribution < 1.29 is 13.6 Å². The molecule has 0 atom stereocenters. The van der Waals surface area contributed by atoms with Crippen molar-refractivity contribution in [3.8, 4) is 0 Å². The Balaban J connectivity index is 2.07. The molecule has 1 aliphatic rings.